The van der Waals surface area contributed by atoms with Crippen LogP contribution in [0.15, 0.2) is 22.9 Å². The van der Waals surface area contributed by atoms with Gasteiger partial charge in [-0.25, -0.2) is 4.98 Å². The molecule has 2 aromatic heterocycles. The molecule has 0 spiro atoms. The quantitative estimate of drug-likeness (QED) is 0.876. The lowest BCUT2D eigenvalue weighted by Gasteiger charge is -2.14. The van der Waals surface area contributed by atoms with Crippen LogP contribution >= 0.6 is 0 Å². The third-order valence-electron chi connectivity index (χ3n) is 2.92. The Bertz CT molecular complexity index is 587. The number of aromatic nitrogens is 2. The van der Waals surface area contributed by atoms with E-state index in [1.165, 1.54) is 6.20 Å². The van der Waals surface area contributed by atoms with Gasteiger partial charge in [-0.05, 0) is 32.9 Å². The highest BCUT2D eigenvalue weighted by molar-refractivity contribution is 5.97. The van der Waals surface area contributed by atoms with E-state index in [0.717, 1.165) is 11.3 Å². The number of nitrogen functional groups attached to an aromatic ring is 1. The van der Waals surface area contributed by atoms with Gasteiger partial charge >= 0.3 is 0 Å². The zero-order chi connectivity index (χ0) is 14.0. The largest absolute Gasteiger partial charge is 0.397 e. The van der Waals surface area contributed by atoms with Gasteiger partial charge in [-0.3, -0.25) is 4.79 Å². The second-order valence-corrected chi connectivity index (χ2v) is 4.37. The minimum atomic E-state index is -0.314. The highest BCUT2D eigenvalue weighted by Crippen LogP contribution is 2.21. The molecule has 0 radical (unpaired) electrons. The fraction of sp³-hybridized carbons (Fsp3) is 0.308. The molecule has 1 amide bonds. The molecule has 0 bridgehead atoms. The number of pyridine rings is 1. The Hall–Kier alpha value is -2.37. The second kappa shape index (κ2) is 5.09. The molecule has 0 aliphatic heterocycles. The molecule has 100 valence electrons. The predicted octanol–water partition coefficient (Wildman–Crippen LogP) is 1.76. The Labute approximate surface area is 111 Å². The summed E-state index contributed by atoms with van der Waals surface area (Å²) in [5, 5.41) is 6.71. The third kappa shape index (κ3) is 2.57. The number of hydrogen-bond donors (Lipinski definition) is 2. The van der Waals surface area contributed by atoms with E-state index in [1.807, 2.05) is 20.8 Å². The number of aryl methyl sites for hydroxylation is 2. The van der Waals surface area contributed by atoms with Gasteiger partial charge in [0.25, 0.3) is 5.91 Å². The minimum Gasteiger partial charge on any atom is -0.397 e. The summed E-state index contributed by atoms with van der Waals surface area (Å²) in [6.07, 6.45) is 1.53. The molecular weight excluding hydrogens is 244 g/mol. The number of amides is 1. The Balaban J connectivity index is 2.18. The van der Waals surface area contributed by atoms with Crippen LogP contribution in [0.25, 0.3) is 0 Å². The van der Waals surface area contributed by atoms with Crippen LogP contribution in [0.5, 0.6) is 0 Å². The zero-order valence-electron chi connectivity index (χ0n) is 11.1. The fourth-order valence-electron chi connectivity index (χ4n) is 2.05. The monoisotopic (exact) mass is 260 g/mol. The van der Waals surface area contributed by atoms with Crippen LogP contribution in [-0.2, 0) is 0 Å². The lowest BCUT2D eigenvalue weighted by atomic mass is 10.1. The summed E-state index contributed by atoms with van der Waals surface area (Å²) < 4.78 is 5.09. The highest BCUT2D eigenvalue weighted by atomic mass is 16.5. The van der Waals surface area contributed by atoms with E-state index in [2.05, 4.69) is 15.5 Å². The SMILES string of the molecule is Cc1noc(C)c1C(C)NC(=O)c1ncccc1N. The molecule has 6 heteroatoms. The van der Waals surface area contributed by atoms with E-state index in [-0.39, 0.29) is 17.6 Å². The molecule has 1 atom stereocenters. The van der Waals surface area contributed by atoms with Crippen molar-refractivity contribution in [3.05, 3.63) is 41.0 Å². The van der Waals surface area contributed by atoms with E-state index in [0.29, 0.717) is 11.4 Å². The number of anilines is 1. The molecule has 19 heavy (non-hydrogen) atoms. The fourth-order valence-corrected chi connectivity index (χ4v) is 2.05. The van der Waals surface area contributed by atoms with Gasteiger partial charge in [0.15, 0.2) is 5.69 Å². The van der Waals surface area contributed by atoms with Crippen molar-refractivity contribution in [2.24, 2.45) is 0 Å². The van der Waals surface area contributed by atoms with Crippen LogP contribution < -0.4 is 11.1 Å². The summed E-state index contributed by atoms with van der Waals surface area (Å²) in [6, 6.07) is 3.10. The first-order valence-corrected chi connectivity index (χ1v) is 5.94. The van der Waals surface area contributed by atoms with Gasteiger partial charge in [0.2, 0.25) is 0 Å². The molecule has 0 saturated carbocycles. The van der Waals surface area contributed by atoms with Crippen LogP contribution in [0.2, 0.25) is 0 Å². The van der Waals surface area contributed by atoms with Crippen molar-refractivity contribution in [2.45, 2.75) is 26.8 Å². The first-order chi connectivity index (χ1) is 9.00. The number of carbonyl (C=O) groups is 1. The van der Waals surface area contributed by atoms with Crippen LogP contribution in [0.4, 0.5) is 5.69 Å². The molecule has 0 aliphatic carbocycles. The summed E-state index contributed by atoms with van der Waals surface area (Å²) in [6.45, 7) is 5.51. The van der Waals surface area contributed by atoms with Crippen LogP contribution in [0, 0.1) is 13.8 Å². The first kappa shape index (κ1) is 13.1. The Kier molecular flexibility index (Phi) is 3.50. The summed E-state index contributed by atoms with van der Waals surface area (Å²) in [5.74, 6) is 0.380. The van der Waals surface area contributed by atoms with Crippen molar-refractivity contribution in [2.75, 3.05) is 5.73 Å². The zero-order valence-corrected chi connectivity index (χ0v) is 11.1. The molecule has 0 aliphatic rings. The number of rotatable bonds is 3. The number of carbonyl (C=O) groups excluding carboxylic acids is 1. The van der Waals surface area contributed by atoms with E-state index >= 15 is 0 Å². The van der Waals surface area contributed by atoms with Gasteiger partial charge in [-0.2, -0.15) is 0 Å². The van der Waals surface area contributed by atoms with Crippen molar-refractivity contribution in [1.29, 1.82) is 0 Å². The van der Waals surface area contributed by atoms with Gasteiger partial charge in [0.1, 0.15) is 5.76 Å². The van der Waals surface area contributed by atoms with Gasteiger partial charge < -0.3 is 15.6 Å². The smallest absolute Gasteiger partial charge is 0.272 e. The van der Waals surface area contributed by atoms with Gasteiger partial charge in [-0.1, -0.05) is 5.16 Å². The third-order valence-corrected chi connectivity index (χ3v) is 2.92. The maximum atomic E-state index is 12.1. The normalized spacial score (nSPS) is 12.2. The summed E-state index contributed by atoms with van der Waals surface area (Å²) in [5.41, 5.74) is 7.94. The van der Waals surface area contributed by atoms with Crippen molar-refractivity contribution in [3.63, 3.8) is 0 Å². The first-order valence-electron chi connectivity index (χ1n) is 5.94. The van der Waals surface area contributed by atoms with Crippen LogP contribution in [-0.4, -0.2) is 16.0 Å². The second-order valence-electron chi connectivity index (χ2n) is 4.37. The molecule has 2 rings (SSSR count). The summed E-state index contributed by atoms with van der Waals surface area (Å²) >= 11 is 0. The average molecular weight is 260 g/mol. The molecule has 0 aromatic carbocycles. The Morgan fingerprint density at radius 1 is 1.47 bits per heavy atom. The lowest BCUT2D eigenvalue weighted by molar-refractivity contribution is 0.0935. The molecule has 2 heterocycles. The maximum Gasteiger partial charge on any atom is 0.272 e. The van der Waals surface area contributed by atoms with Crippen LogP contribution in [0.3, 0.4) is 0 Å². The molecule has 6 nitrogen and oxygen atoms in total. The molecule has 0 fully saturated rings. The lowest BCUT2D eigenvalue weighted by Crippen LogP contribution is -2.28. The predicted molar refractivity (Wildman–Crippen MR) is 70.5 cm³/mol. The molecule has 3 N–H and O–H groups in total. The average Bonchev–Trinajstić information content (AvgIpc) is 2.69. The van der Waals surface area contributed by atoms with E-state index in [1.54, 1.807) is 12.1 Å². The van der Waals surface area contributed by atoms with Crippen molar-refractivity contribution in [1.82, 2.24) is 15.5 Å². The summed E-state index contributed by atoms with van der Waals surface area (Å²) in [4.78, 5) is 16.1. The Morgan fingerprint density at radius 2 is 2.21 bits per heavy atom. The standard InChI is InChI=1S/C13H16N4O2/c1-7(11-8(2)17-19-9(11)3)16-13(18)12-10(14)5-4-6-15-12/h4-7H,14H2,1-3H3,(H,16,18). The molecule has 2 aromatic rings. The van der Waals surface area contributed by atoms with Gasteiger partial charge in [0.05, 0.1) is 17.4 Å². The van der Waals surface area contributed by atoms with Crippen molar-refractivity contribution in [3.8, 4) is 0 Å². The van der Waals surface area contributed by atoms with E-state index in [9.17, 15) is 4.79 Å². The number of nitrogens with two attached hydrogens (primary N) is 1. The number of nitrogens with one attached hydrogen (secondary N) is 1. The maximum absolute atomic E-state index is 12.1. The van der Waals surface area contributed by atoms with E-state index < -0.39 is 0 Å². The van der Waals surface area contributed by atoms with Gasteiger partial charge in [-0.15, -0.1) is 0 Å². The van der Waals surface area contributed by atoms with Gasteiger partial charge in [0, 0.05) is 11.8 Å². The number of hydrogen-bond acceptors (Lipinski definition) is 5. The van der Waals surface area contributed by atoms with Crippen molar-refractivity contribution >= 4 is 11.6 Å². The topological polar surface area (TPSA) is 94.0 Å². The molecular formula is C13H16N4O2. The minimum absolute atomic E-state index is 0.222. The number of nitrogens with zero attached hydrogens (tertiary/aromatic N) is 2. The Morgan fingerprint density at radius 3 is 2.79 bits per heavy atom. The highest BCUT2D eigenvalue weighted by Gasteiger charge is 2.20. The van der Waals surface area contributed by atoms with E-state index in [4.69, 9.17) is 10.3 Å². The summed E-state index contributed by atoms with van der Waals surface area (Å²) in [7, 11) is 0. The van der Waals surface area contributed by atoms with Crippen molar-refractivity contribution < 1.29 is 9.32 Å². The van der Waals surface area contributed by atoms with Crippen LogP contribution in [0.1, 0.15) is 40.5 Å². The molecule has 1 unspecified atom stereocenters. The molecule has 0 saturated heterocycles.